The first kappa shape index (κ1) is 15.3. The third-order valence-electron chi connectivity index (χ3n) is 3.48. The smallest absolute Gasteiger partial charge is 0.197 e. The summed E-state index contributed by atoms with van der Waals surface area (Å²) >= 11 is 6.67. The third kappa shape index (κ3) is 2.59. The van der Waals surface area contributed by atoms with Gasteiger partial charge in [0.05, 0.1) is 10.0 Å². The minimum Gasteiger partial charge on any atom is -0.507 e. The lowest BCUT2D eigenvalue weighted by Crippen LogP contribution is -2.03. The SMILES string of the molecule is CCc1oc2ccc(Br)cc2c1C(=O)c1ccc(O)c(Br)c1. The van der Waals surface area contributed by atoms with Gasteiger partial charge in [0.15, 0.2) is 5.78 Å². The van der Waals surface area contributed by atoms with E-state index in [-0.39, 0.29) is 11.5 Å². The standard InChI is InChI=1S/C17H12Br2O3/c1-2-14-16(11-8-10(18)4-6-15(11)22-14)17(21)9-3-5-13(20)12(19)7-9/h3-8,20H,2H2,1H3. The Kier molecular flexibility index (Phi) is 4.10. The summed E-state index contributed by atoms with van der Waals surface area (Å²) in [7, 11) is 0. The first-order valence-corrected chi connectivity index (χ1v) is 8.34. The second-order valence-corrected chi connectivity index (χ2v) is 6.66. The summed E-state index contributed by atoms with van der Waals surface area (Å²) < 4.78 is 7.18. The van der Waals surface area contributed by atoms with Crippen LogP contribution in [0.1, 0.15) is 28.6 Å². The average Bonchev–Trinajstić information content (AvgIpc) is 2.87. The molecule has 1 N–H and O–H groups in total. The molecule has 1 aromatic heterocycles. The lowest BCUT2D eigenvalue weighted by atomic mass is 9.99. The average molecular weight is 424 g/mol. The first-order valence-electron chi connectivity index (χ1n) is 6.75. The molecule has 0 spiro atoms. The van der Waals surface area contributed by atoms with E-state index in [1.165, 1.54) is 6.07 Å². The summed E-state index contributed by atoms with van der Waals surface area (Å²) in [5.41, 5.74) is 1.78. The maximum absolute atomic E-state index is 12.9. The number of phenolic OH excluding ortho intramolecular Hbond substituents is 1. The number of halogens is 2. The summed E-state index contributed by atoms with van der Waals surface area (Å²) in [6, 6.07) is 10.4. The molecule has 0 aliphatic heterocycles. The minimum atomic E-state index is -0.116. The van der Waals surface area contributed by atoms with E-state index in [4.69, 9.17) is 4.42 Å². The molecule has 112 valence electrons. The zero-order chi connectivity index (χ0) is 15.9. The lowest BCUT2D eigenvalue weighted by Gasteiger charge is -2.04. The van der Waals surface area contributed by atoms with Crippen LogP contribution in [0.5, 0.6) is 5.75 Å². The van der Waals surface area contributed by atoms with E-state index in [9.17, 15) is 9.90 Å². The molecule has 0 bridgehead atoms. The van der Waals surface area contributed by atoms with Crippen LogP contribution in [0.15, 0.2) is 49.8 Å². The highest BCUT2D eigenvalue weighted by Gasteiger charge is 2.21. The highest BCUT2D eigenvalue weighted by molar-refractivity contribution is 9.10. The van der Waals surface area contributed by atoms with Gasteiger partial charge in [-0.25, -0.2) is 0 Å². The van der Waals surface area contributed by atoms with Crippen molar-refractivity contribution in [3.63, 3.8) is 0 Å². The summed E-state index contributed by atoms with van der Waals surface area (Å²) in [4.78, 5) is 12.9. The first-order chi connectivity index (χ1) is 10.5. The number of hydrogen-bond donors (Lipinski definition) is 1. The fraction of sp³-hybridized carbons (Fsp3) is 0.118. The van der Waals surface area contributed by atoms with Crippen molar-refractivity contribution in [2.24, 2.45) is 0 Å². The number of aromatic hydroxyl groups is 1. The number of hydrogen-bond acceptors (Lipinski definition) is 3. The number of phenols is 1. The van der Waals surface area contributed by atoms with Gasteiger partial charge < -0.3 is 9.52 Å². The van der Waals surface area contributed by atoms with E-state index in [0.717, 1.165) is 9.86 Å². The van der Waals surface area contributed by atoms with Crippen LogP contribution in [0.3, 0.4) is 0 Å². The highest BCUT2D eigenvalue weighted by atomic mass is 79.9. The third-order valence-corrected chi connectivity index (χ3v) is 4.61. The molecule has 3 rings (SSSR count). The van der Waals surface area contributed by atoms with Gasteiger partial charge in [0.2, 0.25) is 0 Å². The molecule has 0 atom stereocenters. The Balaban J connectivity index is 2.21. The number of benzene rings is 2. The maximum atomic E-state index is 12.9. The van der Waals surface area contributed by atoms with Crippen LogP contribution in [0.4, 0.5) is 0 Å². The number of rotatable bonds is 3. The Morgan fingerprint density at radius 3 is 2.64 bits per heavy atom. The van der Waals surface area contributed by atoms with Crippen LogP contribution in [-0.4, -0.2) is 10.9 Å². The number of fused-ring (bicyclic) bond motifs is 1. The maximum Gasteiger partial charge on any atom is 0.197 e. The molecule has 22 heavy (non-hydrogen) atoms. The number of carbonyl (C=O) groups is 1. The van der Waals surface area contributed by atoms with Gasteiger partial charge in [-0.1, -0.05) is 22.9 Å². The zero-order valence-corrected chi connectivity index (χ0v) is 14.9. The molecule has 1 heterocycles. The minimum absolute atomic E-state index is 0.104. The number of ketones is 1. The second kappa shape index (κ2) is 5.89. The number of furan rings is 1. The van der Waals surface area contributed by atoms with Gasteiger partial charge in [-0.2, -0.15) is 0 Å². The van der Waals surface area contributed by atoms with Crippen LogP contribution in [0.2, 0.25) is 0 Å². The van der Waals surface area contributed by atoms with E-state index in [0.29, 0.717) is 33.4 Å². The number of aryl methyl sites for hydroxylation is 1. The molecule has 0 unspecified atom stereocenters. The zero-order valence-electron chi connectivity index (χ0n) is 11.7. The van der Waals surface area contributed by atoms with Crippen molar-refractivity contribution < 1.29 is 14.3 Å². The molecule has 0 amide bonds. The molecule has 0 aliphatic carbocycles. The Labute approximate surface area is 144 Å². The van der Waals surface area contributed by atoms with Crippen molar-refractivity contribution in [1.82, 2.24) is 0 Å². The molecule has 3 aromatic rings. The van der Waals surface area contributed by atoms with E-state index in [1.807, 2.05) is 25.1 Å². The normalized spacial score (nSPS) is 11.0. The molecule has 3 nitrogen and oxygen atoms in total. The molecule has 5 heteroatoms. The highest BCUT2D eigenvalue weighted by Crippen LogP contribution is 2.32. The van der Waals surface area contributed by atoms with Crippen molar-refractivity contribution in [3.05, 3.63) is 62.2 Å². The molecule has 0 saturated heterocycles. The topological polar surface area (TPSA) is 50.4 Å². The Morgan fingerprint density at radius 2 is 1.95 bits per heavy atom. The predicted octanol–water partition coefficient (Wildman–Crippen LogP) is 5.46. The summed E-state index contributed by atoms with van der Waals surface area (Å²) in [6.07, 6.45) is 0.632. The van der Waals surface area contributed by atoms with Crippen LogP contribution >= 0.6 is 31.9 Å². The lowest BCUT2D eigenvalue weighted by molar-refractivity contribution is 0.103. The van der Waals surface area contributed by atoms with Gasteiger partial charge in [-0.3, -0.25) is 4.79 Å². The summed E-state index contributed by atoms with van der Waals surface area (Å²) in [5, 5.41) is 10.4. The van der Waals surface area contributed by atoms with Gasteiger partial charge in [-0.15, -0.1) is 0 Å². The summed E-state index contributed by atoms with van der Waals surface area (Å²) in [6.45, 7) is 1.95. The quantitative estimate of drug-likeness (QED) is 0.569. The van der Waals surface area contributed by atoms with Gasteiger partial charge in [0.25, 0.3) is 0 Å². The van der Waals surface area contributed by atoms with Crippen molar-refractivity contribution in [2.75, 3.05) is 0 Å². The fourth-order valence-corrected chi connectivity index (χ4v) is 3.15. The van der Waals surface area contributed by atoms with Crippen LogP contribution in [0.25, 0.3) is 11.0 Å². The van der Waals surface area contributed by atoms with Gasteiger partial charge >= 0.3 is 0 Å². The van der Waals surface area contributed by atoms with Gasteiger partial charge in [0, 0.05) is 21.8 Å². The van der Waals surface area contributed by atoms with E-state index >= 15 is 0 Å². The van der Waals surface area contributed by atoms with Gasteiger partial charge in [-0.05, 0) is 52.3 Å². The molecular weight excluding hydrogens is 412 g/mol. The molecule has 0 saturated carbocycles. The molecule has 0 fully saturated rings. The van der Waals surface area contributed by atoms with Crippen molar-refractivity contribution in [1.29, 1.82) is 0 Å². The Hall–Kier alpha value is -1.59. The van der Waals surface area contributed by atoms with Crippen molar-refractivity contribution >= 4 is 48.6 Å². The summed E-state index contributed by atoms with van der Waals surface area (Å²) in [5.74, 6) is 0.656. The largest absolute Gasteiger partial charge is 0.507 e. The van der Waals surface area contributed by atoms with Crippen LogP contribution < -0.4 is 0 Å². The Morgan fingerprint density at radius 1 is 1.18 bits per heavy atom. The van der Waals surface area contributed by atoms with E-state index in [1.54, 1.807) is 12.1 Å². The Bertz CT molecular complexity index is 881. The predicted molar refractivity (Wildman–Crippen MR) is 92.5 cm³/mol. The van der Waals surface area contributed by atoms with Crippen LogP contribution in [0, 0.1) is 0 Å². The monoisotopic (exact) mass is 422 g/mol. The van der Waals surface area contributed by atoms with Gasteiger partial charge in [0.1, 0.15) is 17.1 Å². The van der Waals surface area contributed by atoms with E-state index in [2.05, 4.69) is 31.9 Å². The molecule has 2 aromatic carbocycles. The molecular formula is C17H12Br2O3. The number of carbonyl (C=O) groups excluding carboxylic acids is 1. The second-order valence-electron chi connectivity index (χ2n) is 4.89. The van der Waals surface area contributed by atoms with Crippen molar-refractivity contribution in [3.8, 4) is 5.75 Å². The molecule has 0 aliphatic rings. The van der Waals surface area contributed by atoms with Crippen LogP contribution in [-0.2, 0) is 6.42 Å². The fourth-order valence-electron chi connectivity index (χ4n) is 2.41. The van der Waals surface area contributed by atoms with Crippen molar-refractivity contribution in [2.45, 2.75) is 13.3 Å². The van der Waals surface area contributed by atoms with E-state index < -0.39 is 0 Å². The molecule has 0 radical (unpaired) electrons.